The molecule has 0 radical (unpaired) electrons. The topological polar surface area (TPSA) is 81.3 Å². The molecule has 2 aromatic carbocycles. The van der Waals surface area contributed by atoms with Crippen LogP contribution in [0.3, 0.4) is 0 Å². The van der Waals surface area contributed by atoms with Crippen molar-refractivity contribution in [1.82, 2.24) is 4.57 Å². The van der Waals surface area contributed by atoms with E-state index in [9.17, 15) is 15.2 Å². The maximum absolute atomic E-state index is 13.0. The molecule has 0 spiro atoms. The number of aromatic nitrogens is 1. The molecule has 1 heterocycles. The zero-order valence-electron chi connectivity index (χ0n) is 18.2. The number of para-hydroxylation sites is 1. The molecule has 3 rings (SSSR count). The van der Waals surface area contributed by atoms with Crippen LogP contribution >= 0.6 is 0 Å². The fraction of sp³-hybridized carbons (Fsp3) is 0.280. The smallest absolute Gasteiger partial charge is 0.245 e. The first-order chi connectivity index (χ1) is 14.9. The van der Waals surface area contributed by atoms with Gasteiger partial charge >= 0.3 is 0 Å². The Morgan fingerprint density at radius 3 is 2.32 bits per heavy atom. The molecule has 1 amide bonds. The number of carbonyl (C=O) groups is 1. The summed E-state index contributed by atoms with van der Waals surface area (Å²) in [6.45, 7) is 6.49. The van der Waals surface area contributed by atoms with Crippen LogP contribution in [-0.4, -0.2) is 34.8 Å². The monoisotopic (exact) mass is 416 g/mol. The molecule has 2 N–H and O–H groups in total. The molecule has 160 valence electrons. The maximum Gasteiger partial charge on any atom is 0.245 e. The summed E-state index contributed by atoms with van der Waals surface area (Å²) in [5.74, 6) is 0.268. The Balaban J connectivity index is 1.87. The number of hydrogen-bond donors (Lipinski definition) is 2. The number of hydrogen-bond acceptors (Lipinski definition) is 4. The molecule has 1 atom stereocenters. The normalized spacial score (nSPS) is 11.6. The van der Waals surface area contributed by atoms with Crippen molar-refractivity contribution in [3.8, 4) is 6.07 Å². The quantitative estimate of drug-likeness (QED) is 0.584. The van der Waals surface area contributed by atoms with Crippen LogP contribution in [0.2, 0.25) is 0 Å². The van der Waals surface area contributed by atoms with Gasteiger partial charge in [0.15, 0.2) is 0 Å². The molecule has 0 bridgehead atoms. The highest BCUT2D eigenvalue weighted by Gasteiger charge is 2.21. The van der Waals surface area contributed by atoms with Gasteiger partial charge in [0.1, 0.15) is 11.9 Å². The predicted octanol–water partition coefficient (Wildman–Crippen LogP) is 3.85. The summed E-state index contributed by atoms with van der Waals surface area (Å²) < 4.78 is 1.97. The second-order valence-corrected chi connectivity index (χ2v) is 7.73. The van der Waals surface area contributed by atoms with Gasteiger partial charge in [0.2, 0.25) is 5.91 Å². The summed E-state index contributed by atoms with van der Waals surface area (Å²) in [5.41, 5.74) is 4.22. The van der Waals surface area contributed by atoms with Crippen molar-refractivity contribution in [3.05, 3.63) is 83.0 Å². The number of aliphatic hydroxyl groups excluding tert-OH is 1. The van der Waals surface area contributed by atoms with Gasteiger partial charge in [-0.25, -0.2) is 0 Å². The fourth-order valence-electron chi connectivity index (χ4n) is 3.66. The third-order valence-corrected chi connectivity index (χ3v) is 5.32. The Hall–Kier alpha value is -3.56. The Kier molecular flexibility index (Phi) is 7.11. The van der Waals surface area contributed by atoms with E-state index in [1.807, 2.05) is 84.0 Å². The SMILES string of the molecule is Cc1c(C#N)c(NC(=O)CN(CC(C)O)c2ccccc2)n(Cc2ccccc2)c1C. The average Bonchev–Trinajstić information content (AvgIpc) is 2.98. The summed E-state index contributed by atoms with van der Waals surface area (Å²) in [7, 11) is 0. The molecule has 0 aliphatic rings. The Morgan fingerprint density at radius 1 is 1.13 bits per heavy atom. The van der Waals surface area contributed by atoms with Gasteiger partial charge in [-0.15, -0.1) is 0 Å². The second kappa shape index (κ2) is 9.96. The number of nitriles is 1. The van der Waals surface area contributed by atoms with Gasteiger partial charge in [0, 0.05) is 24.5 Å². The van der Waals surface area contributed by atoms with Crippen molar-refractivity contribution in [3.63, 3.8) is 0 Å². The average molecular weight is 417 g/mol. The zero-order chi connectivity index (χ0) is 22.4. The summed E-state index contributed by atoms with van der Waals surface area (Å²) >= 11 is 0. The van der Waals surface area contributed by atoms with Crippen LogP contribution in [0.5, 0.6) is 0 Å². The Morgan fingerprint density at radius 2 is 1.74 bits per heavy atom. The first kappa shape index (κ1) is 22.1. The highest BCUT2D eigenvalue weighted by Crippen LogP contribution is 2.27. The molecule has 3 aromatic rings. The lowest BCUT2D eigenvalue weighted by molar-refractivity contribution is -0.115. The Bertz CT molecular complexity index is 1070. The molecular formula is C25H28N4O2. The van der Waals surface area contributed by atoms with Crippen LogP contribution in [0.4, 0.5) is 11.5 Å². The number of anilines is 2. The third-order valence-electron chi connectivity index (χ3n) is 5.32. The number of nitrogens with one attached hydrogen (secondary N) is 1. The van der Waals surface area contributed by atoms with Gasteiger partial charge < -0.3 is 19.9 Å². The molecule has 6 heteroatoms. The fourth-order valence-corrected chi connectivity index (χ4v) is 3.66. The van der Waals surface area contributed by atoms with E-state index in [0.29, 0.717) is 24.5 Å². The lowest BCUT2D eigenvalue weighted by Gasteiger charge is -2.25. The molecule has 31 heavy (non-hydrogen) atoms. The molecule has 1 aromatic heterocycles. The van der Waals surface area contributed by atoms with Gasteiger partial charge in [-0.05, 0) is 44.0 Å². The second-order valence-electron chi connectivity index (χ2n) is 7.73. The number of carbonyl (C=O) groups excluding carboxylic acids is 1. The predicted molar refractivity (Wildman–Crippen MR) is 123 cm³/mol. The van der Waals surface area contributed by atoms with Gasteiger partial charge in [0.25, 0.3) is 0 Å². The number of amides is 1. The largest absolute Gasteiger partial charge is 0.392 e. The van der Waals surface area contributed by atoms with Crippen molar-refractivity contribution < 1.29 is 9.90 Å². The van der Waals surface area contributed by atoms with Crippen LogP contribution < -0.4 is 10.2 Å². The molecule has 6 nitrogen and oxygen atoms in total. The van der Waals surface area contributed by atoms with E-state index in [4.69, 9.17) is 0 Å². The van der Waals surface area contributed by atoms with Crippen molar-refractivity contribution in [2.24, 2.45) is 0 Å². The van der Waals surface area contributed by atoms with E-state index in [-0.39, 0.29) is 12.5 Å². The lowest BCUT2D eigenvalue weighted by atomic mass is 10.2. The molecule has 0 aliphatic carbocycles. The third kappa shape index (κ3) is 5.33. The van der Waals surface area contributed by atoms with Crippen LogP contribution in [0.25, 0.3) is 0 Å². The minimum atomic E-state index is -0.589. The Labute approximate surface area is 183 Å². The summed E-state index contributed by atoms with van der Waals surface area (Å²) in [6, 6.07) is 21.7. The molecule has 0 saturated carbocycles. The molecular weight excluding hydrogens is 388 g/mol. The van der Waals surface area contributed by atoms with Crippen molar-refractivity contribution in [2.45, 2.75) is 33.4 Å². The highest BCUT2D eigenvalue weighted by atomic mass is 16.3. The minimum Gasteiger partial charge on any atom is -0.392 e. The molecule has 0 aliphatic heterocycles. The first-order valence-electron chi connectivity index (χ1n) is 10.3. The summed E-state index contributed by atoms with van der Waals surface area (Å²) in [4.78, 5) is 14.8. The highest BCUT2D eigenvalue weighted by molar-refractivity contribution is 5.95. The van der Waals surface area contributed by atoms with E-state index in [2.05, 4.69) is 11.4 Å². The lowest BCUT2D eigenvalue weighted by Crippen LogP contribution is -2.38. The molecule has 1 unspecified atom stereocenters. The van der Waals surface area contributed by atoms with E-state index in [1.54, 1.807) is 6.92 Å². The van der Waals surface area contributed by atoms with Gasteiger partial charge in [-0.2, -0.15) is 5.26 Å². The number of rotatable bonds is 8. The zero-order valence-corrected chi connectivity index (χ0v) is 18.2. The van der Waals surface area contributed by atoms with E-state index >= 15 is 0 Å². The number of benzene rings is 2. The van der Waals surface area contributed by atoms with E-state index in [0.717, 1.165) is 22.5 Å². The minimum absolute atomic E-state index is 0.0639. The van der Waals surface area contributed by atoms with Crippen LogP contribution in [0, 0.1) is 25.2 Å². The maximum atomic E-state index is 13.0. The number of nitrogens with zero attached hydrogens (tertiary/aromatic N) is 3. The van der Waals surface area contributed by atoms with Crippen molar-refractivity contribution >= 4 is 17.4 Å². The van der Waals surface area contributed by atoms with E-state index in [1.165, 1.54) is 0 Å². The van der Waals surface area contributed by atoms with Crippen LogP contribution in [0.15, 0.2) is 60.7 Å². The standard InChI is InChI=1S/C25H28N4O2/c1-18(30)15-28(22-12-8-5-9-13-22)17-24(31)27-25-23(14-26)19(2)20(3)29(25)16-21-10-6-4-7-11-21/h4-13,18,30H,15-17H2,1-3H3,(H,27,31). The number of aliphatic hydroxyl groups is 1. The van der Waals surface area contributed by atoms with Gasteiger partial charge in [0.05, 0.1) is 18.2 Å². The van der Waals surface area contributed by atoms with Crippen LogP contribution in [-0.2, 0) is 11.3 Å². The van der Waals surface area contributed by atoms with Gasteiger partial charge in [-0.3, -0.25) is 4.79 Å². The first-order valence-corrected chi connectivity index (χ1v) is 10.3. The van der Waals surface area contributed by atoms with Crippen LogP contribution in [0.1, 0.15) is 29.3 Å². The summed E-state index contributed by atoms with van der Waals surface area (Å²) in [5, 5.41) is 22.6. The van der Waals surface area contributed by atoms with Crippen molar-refractivity contribution in [1.29, 1.82) is 5.26 Å². The van der Waals surface area contributed by atoms with Gasteiger partial charge in [-0.1, -0.05) is 48.5 Å². The summed E-state index contributed by atoms with van der Waals surface area (Å²) in [6.07, 6.45) is -0.589. The van der Waals surface area contributed by atoms with Crippen molar-refractivity contribution in [2.75, 3.05) is 23.3 Å². The molecule has 0 saturated heterocycles. The molecule has 0 fully saturated rings. The van der Waals surface area contributed by atoms with E-state index < -0.39 is 6.10 Å².